The first kappa shape index (κ1) is 22.6. The Morgan fingerprint density at radius 1 is 0.759 bits per heavy atom. The zero-order valence-electron chi connectivity index (χ0n) is 18.8. The standard InChI is InChI=1S/C25H33NO3/c1-8-27-23-15-18(17-26)9-11-22(23)29-14-13-28-21-12-10-19(24(2,3)4)16-20(21)25(5,6)7/h9-12,15-16H,8,13-14H2,1-7H3. The average molecular weight is 396 g/mol. The number of hydrogen-bond acceptors (Lipinski definition) is 4. The van der Waals surface area contributed by atoms with Crippen molar-refractivity contribution in [1.29, 1.82) is 5.26 Å². The number of ether oxygens (including phenoxy) is 3. The number of hydrogen-bond donors (Lipinski definition) is 0. The summed E-state index contributed by atoms with van der Waals surface area (Å²) in [7, 11) is 0. The molecule has 0 radical (unpaired) electrons. The smallest absolute Gasteiger partial charge is 0.162 e. The van der Waals surface area contributed by atoms with Crippen molar-refractivity contribution in [3.8, 4) is 23.3 Å². The first-order chi connectivity index (χ1) is 13.6. The third kappa shape index (κ3) is 6.15. The predicted octanol–water partition coefficient (Wildman–Crippen LogP) is 6.01. The Kier molecular flexibility index (Phi) is 7.19. The van der Waals surface area contributed by atoms with E-state index in [1.54, 1.807) is 18.2 Å². The average Bonchev–Trinajstić information content (AvgIpc) is 2.64. The SMILES string of the molecule is CCOc1cc(C#N)ccc1OCCOc1ccc(C(C)(C)C)cc1C(C)(C)C. The van der Waals surface area contributed by atoms with E-state index in [4.69, 9.17) is 19.5 Å². The Morgan fingerprint density at radius 3 is 1.93 bits per heavy atom. The fourth-order valence-corrected chi connectivity index (χ4v) is 2.98. The molecule has 0 fully saturated rings. The molecule has 4 heteroatoms. The monoisotopic (exact) mass is 395 g/mol. The largest absolute Gasteiger partial charge is 0.490 e. The van der Waals surface area contributed by atoms with Gasteiger partial charge >= 0.3 is 0 Å². The Morgan fingerprint density at radius 2 is 1.38 bits per heavy atom. The molecule has 0 amide bonds. The molecule has 0 aliphatic heterocycles. The maximum atomic E-state index is 9.06. The molecule has 0 atom stereocenters. The molecule has 0 heterocycles. The normalized spacial score (nSPS) is 11.7. The van der Waals surface area contributed by atoms with Gasteiger partial charge in [0, 0.05) is 6.07 Å². The summed E-state index contributed by atoms with van der Waals surface area (Å²) in [6, 6.07) is 13.8. The van der Waals surface area contributed by atoms with Gasteiger partial charge in [-0.2, -0.15) is 5.26 Å². The maximum Gasteiger partial charge on any atom is 0.162 e. The van der Waals surface area contributed by atoms with Gasteiger partial charge < -0.3 is 14.2 Å². The molecule has 0 saturated carbocycles. The van der Waals surface area contributed by atoms with E-state index in [-0.39, 0.29) is 10.8 Å². The molecule has 0 aromatic heterocycles. The predicted molar refractivity (Wildman–Crippen MR) is 117 cm³/mol. The van der Waals surface area contributed by atoms with Gasteiger partial charge in [0.25, 0.3) is 0 Å². The van der Waals surface area contributed by atoms with E-state index in [1.165, 1.54) is 11.1 Å². The third-order valence-corrected chi connectivity index (χ3v) is 4.62. The van der Waals surface area contributed by atoms with E-state index in [9.17, 15) is 0 Å². The molecule has 0 aliphatic rings. The topological polar surface area (TPSA) is 51.5 Å². The zero-order chi connectivity index (χ0) is 21.7. The minimum absolute atomic E-state index is 0.0211. The number of benzene rings is 2. The summed E-state index contributed by atoms with van der Waals surface area (Å²) >= 11 is 0. The summed E-state index contributed by atoms with van der Waals surface area (Å²) < 4.78 is 17.5. The van der Waals surface area contributed by atoms with Gasteiger partial charge in [-0.25, -0.2) is 0 Å². The van der Waals surface area contributed by atoms with Crippen LogP contribution < -0.4 is 14.2 Å². The fraction of sp³-hybridized carbons (Fsp3) is 0.480. The van der Waals surface area contributed by atoms with Crippen LogP contribution in [-0.4, -0.2) is 19.8 Å². The van der Waals surface area contributed by atoms with E-state index in [1.807, 2.05) is 6.92 Å². The molecule has 2 aromatic rings. The van der Waals surface area contributed by atoms with Crippen molar-refractivity contribution in [3.05, 3.63) is 53.1 Å². The molecule has 2 aromatic carbocycles. The number of nitriles is 1. The van der Waals surface area contributed by atoms with Crippen molar-refractivity contribution in [1.82, 2.24) is 0 Å². The lowest BCUT2D eigenvalue weighted by atomic mass is 9.80. The highest BCUT2D eigenvalue weighted by Crippen LogP contribution is 2.35. The van der Waals surface area contributed by atoms with Gasteiger partial charge in [-0.05, 0) is 47.1 Å². The van der Waals surface area contributed by atoms with Crippen molar-refractivity contribution < 1.29 is 14.2 Å². The highest BCUT2D eigenvalue weighted by atomic mass is 16.5. The van der Waals surface area contributed by atoms with Crippen molar-refractivity contribution >= 4 is 0 Å². The minimum Gasteiger partial charge on any atom is -0.490 e. The van der Waals surface area contributed by atoms with Crippen molar-refractivity contribution in [2.45, 2.75) is 59.3 Å². The lowest BCUT2D eigenvalue weighted by Gasteiger charge is -2.27. The molecular weight excluding hydrogens is 362 g/mol. The highest BCUT2D eigenvalue weighted by molar-refractivity contribution is 5.47. The molecule has 0 aliphatic carbocycles. The second-order valence-corrected chi connectivity index (χ2v) is 9.11. The molecule has 156 valence electrons. The van der Waals surface area contributed by atoms with E-state index in [0.717, 1.165) is 5.75 Å². The fourth-order valence-electron chi connectivity index (χ4n) is 2.98. The summed E-state index contributed by atoms with van der Waals surface area (Å²) in [5.74, 6) is 2.09. The first-order valence-corrected chi connectivity index (χ1v) is 10.1. The van der Waals surface area contributed by atoms with Crippen LogP contribution in [0.2, 0.25) is 0 Å². The highest BCUT2D eigenvalue weighted by Gasteiger charge is 2.23. The van der Waals surface area contributed by atoms with Gasteiger partial charge in [0.15, 0.2) is 11.5 Å². The third-order valence-electron chi connectivity index (χ3n) is 4.62. The van der Waals surface area contributed by atoms with E-state index in [2.05, 4.69) is 65.8 Å². The molecular formula is C25H33NO3. The quantitative estimate of drug-likeness (QED) is 0.539. The molecule has 0 saturated heterocycles. The second-order valence-electron chi connectivity index (χ2n) is 9.11. The second kappa shape index (κ2) is 9.22. The van der Waals surface area contributed by atoms with Crippen molar-refractivity contribution in [2.75, 3.05) is 19.8 Å². The molecule has 0 N–H and O–H groups in total. The summed E-state index contributed by atoms with van der Waals surface area (Å²) in [5, 5.41) is 9.06. The lowest BCUT2D eigenvalue weighted by molar-refractivity contribution is 0.206. The Hall–Kier alpha value is -2.67. The van der Waals surface area contributed by atoms with Gasteiger partial charge in [-0.1, -0.05) is 53.7 Å². The summed E-state index contributed by atoms with van der Waals surface area (Å²) in [5.41, 5.74) is 3.11. The van der Waals surface area contributed by atoms with Crippen LogP contribution in [0, 0.1) is 11.3 Å². The zero-order valence-corrected chi connectivity index (χ0v) is 18.8. The van der Waals surface area contributed by atoms with Crippen LogP contribution in [0.3, 0.4) is 0 Å². The Labute approximate surface area is 175 Å². The molecule has 0 unspecified atom stereocenters. The maximum absolute atomic E-state index is 9.06. The molecule has 2 rings (SSSR count). The first-order valence-electron chi connectivity index (χ1n) is 10.1. The van der Waals surface area contributed by atoms with Crippen LogP contribution in [0.5, 0.6) is 17.2 Å². The van der Waals surface area contributed by atoms with E-state index >= 15 is 0 Å². The van der Waals surface area contributed by atoms with Gasteiger partial charge in [-0.3, -0.25) is 0 Å². The lowest BCUT2D eigenvalue weighted by Crippen LogP contribution is -2.19. The van der Waals surface area contributed by atoms with Gasteiger partial charge in [-0.15, -0.1) is 0 Å². The van der Waals surface area contributed by atoms with Crippen LogP contribution >= 0.6 is 0 Å². The summed E-state index contributed by atoms with van der Waals surface area (Å²) in [6.07, 6.45) is 0. The van der Waals surface area contributed by atoms with E-state index < -0.39 is 0 Å². The van der Waals surface area contributed by atoms with Crippen LogP contribution in [0.15, 0.2) is 36.4 Å². The van der Waals surface area contributed by atoms with Gasteiger partial charge in [0.2, 0.25) is 0 Å². The molecule has 0 spiro atoms. The van der Waals surface area contributed by atoms with Gasteiger partial charge in [0.1, 0.15) is 19.0 Å². The van der Waals surface area contributed by atoms with E-state index in [0.29, 0.717) is 36.9 Å². The van der Waals surface area contributed by atoms with Crippen LogP contribution in [-0.2, 0) is 10.8 Å². The Balaban J connectivity index is 2.09. The number of nitrogens with zero attached hydrogens (tertiary/aromatic N) is 1. The van der Waals surface area contributed by atoms with Crippen LogP contribution in [0.25, 0.3) is 0 Å². The molecule has 29 heavy (non-hydrogen) atoms. The van der Waals surface area contributed by atoms with Gasteiger partial charge in [0.05, 0.1) is 18.2 Å². The van der Waals surface area contributed by atoms with Crippen LogP contribution in [0.1, 0.15) is 65.2 Å². The van der Waals surface area contributed by atoms with Crippen molar-refractivity contribution in [2.24, 2.45) is 0 Å². The summed E-state index contributed by atoms with van der Waals surface area (Å²) in [6.45, 7) is 16.5. The Bertz CT molecular complexity index is 867. The summed E-state index contributed by atoms with van der Waals surface area (Å²) in [4.78, 5) is 0. The van der Waals surface area contributed by atoms with Crippen LogP contribution in [0.4, 0.5) is 0 Å². The van der Waals surface area contributed by atoms with Crippen molar-refractivity contribution in [3.63, 3.8) is 0 Å². The molecule has 4 nitrogen and oxygen atoms in total. The minimum atomic E-state index is -0.0211. The molecule has 0 bridgehead atoms. The number of rotatable bonds is 7.